The lowest BCUT2D eigenvalue weighted by Crippen LogP contribution is -2.18. The Balaban J connectivity index is 1.68. The summed E-state index contributed by atoms with van der Waals surface area (Å²) in [6.07, 6.45) is 1.52. The number of carbonyl (C=O) groups excluding carboxylic acids is 1. The number of halogens is 2. The molecule has 3 aromatic carbocycles. The molecule has 0 aliphatic carbocycles. The van der Waals surface area contributed by atoms with Gasteiger partial charge in [0.1, 0.15) is 12.4 Å². The van der Waals surface area contributed by atoms with Crippen LogP contribution in [-0.2, 0) is 6.61 Å². The first-order valence-corrected chi connectivity index (χ1v) is 10.6. The first-order valence-electron chi connectivity index (χ1n) is 9.81. The predicted molar refractivity (Wildman–Crippen MR) is 126 cm³/mol. The van der Waals surface area contributed by atoms with E-state index in [9.17, 15) is 4.79 Å². The van der Waals surface area contributed by atoms with Crippen molar-refractivity contribution in [2.75, 3.05) is 13.7 Å². The van der Waals surface area contributed by atoms with Gasteiger partial charge in [0.15, 0.2) is 11.5 Å². The number of hydrogen-bond acceptors (Lipinski definition) is 5. The molecule has 6 nitrogen and oxygen atoms in total. The second kappa shape index (κ2) is 11.4. The molecule has 0 atom stereocenters. The molecule has 1 amide bonds. The number of carbonyl (C=O) groups is 1. The molecule has 3 aromatic rings. The third-order valence-electron chi connectivity index (χ3n) is 4.40. The van der Waals surface area contributed by atoms with Crippen LogP contribution in [0.1, 0.15) is 28.4 Å². The van der Waals surface area contributed by atoms with E-state index in [0.29, 0.717) is 39.5 Å². The summed E-state index contributed by atoms with van der Waals surface area (Å²) in [6.45, 7) is 2.61. The molecule has 0 aliphatic heterocycles. The average Bonchev–Trinajstić information content (AvgIpc) is 2.79. The van der Waals surface area contributed by atoms with Crippen molar-refractivity contribution < 1.29 is 19.0 Å². The van der Waals surface area contributed by atoms with E-state index in [2.05, 4.69) is 10.5 Å². The highest BCUT2D eigenvalue weighted by molar-refractivity contribution is 6.35. The molecule has 0 bridgehead atoms. The zero-order valence-electron chi connectivity index (χ0n) is 17.6. The minimum atomic E-state index is -0.372. The van der Waals surface area contributed by atoms with Crippen LogP contribution >= 0.6 is 23.2 Å². The Morgan fingerprint density at radius 1 is 1.00 bits per heavy atom. The lowest BCUT2D eigenvalue weighted by molar-refractivity contribution is 0.0952. The number of hydrazone groups is 1. The number of para-hydroxylation sites is 1. The van der Waals surface area contributed by atoms with Crippen LogP contribution < -0.4 is 19.6 Å². The molecular weight excluding hydrogens is 451 g/mol. The maximum Gasteiger partial charge on any atom is 0.275 e. The predicted octanol–water partition coefficient (Wildman–Crippen LogP) is 5.74. The summed E-state index contributed by atoms with van der Waals surface area (Å²) >= 11 is 12.2. The summed E-state index contributed by atoms with van der Waals surface area (Å²) in [4.78, 5) is 12.3. The zero-order valence-corrected chi connectivity index (χ0v) is 19.1. The van der Waals surface area contributed by atoms with Gasteiger partial charge in [-0.3, -0.25) is 4.79 Å². The molecule has 0 radical (unpaired) electrons. The topological polar surface area (TPSA) is 69.2 Å². The third-order valence-corrected chi connectivity index (χ3v) is 4.98. The second-order valence-electron chi connectivity index (χ2n) is 6.56. The molecular formula is C24H22Cl2N2O4. The fraction of sp³-hybridized carbons (Fsp3) is 0.167. The SMILES string of the molecule is CCOc1cc(C=NNC(=O)c2ccccc2OC)ccc1OCc1ccc(Cl)cc1Cl. The van der Waals surface area contributed by atoms with Crippen LogP contribution in [0.25, 0.3) is 0 Å². The standard InChI is InChI=1S/C24H22Cl2N2O4/c1-3-31-23-12-16(14-27-28-24(29)19-6-4-5-7-21(19)30-2)8-11-22(23)32-15-17-9-10-18(25)13-20(17)26/h4-14H,3,15H2,1-2H3,(H,28,29). The smallest absolute Gasteiger partial charge is 0.275 e. The largest absolute Gasteiger partial charge is 0.496 e. The maximum atomic E-state index is 12.3. The second-order valence-corrected chi connectivity index (χ2v) is 7.41. The number of benzene rings is 3. The van der Waals surface area contributed by atoms with Crippen LogP contribution in [0.15, 0.2) is 65.8 Å². The van der Waals surface area contributed by atoms with Gasteiger partial charge < -0.3 is 14.2 Å². The van der Waals surface area contributed by atoms with Crippen molar-refractivity contribution in [3.63, 3.8) is 0 Å². The van der Waals surface area contributed by atoms with Crippen LogP contribution in [0.2, 0.25) is 10.0 Å². The van der Waals surface area contributed by atoms with Crippen LogP contribution in [0.3, 0.4) is 0 Å². The van der Waals surface area contributed by atoms with Gasteiger partial charge in [-0.05, 0) is 55.0 Å². The van der Waals surface area contributed by atoms with Gasteiger partial charge in [0, 0.05) is 15.6 Å². The van der Waals surface area contributed by atoms with Crippen molar-refractivity contribution in [3.05, 3.63) is 87.4 Å². The first kappa shape index (κ1) is 23.4. The number of methoxy groups -OCH3 is 1. The summed E-state index contributed by atoms with van der Waals surface area (Å²) in [5.74, 6) is 1.22. The van der Waals surface area contributed by atoms with Crippen molar-refractivity contribution in [2.24, 2.45) is 5.10 Å². The maximum absolute atomic E-state index is 12.3. The van der Waals surface area contributed by atoms with Crippen molar-refractivity contribution in [2.45, 2.75) is 13.5 Å². The van der Waals surface area contributed by atoms with Crippen molar-refractivity contribution in [1.82, 2.24) is 5.43 Å². The molecule has 0 aromatic heterocycles. The normalized spacial score (nSPS) is 10.8. The Bertz CT molecular complexity index is 1120. The van der Waals surface area contributed by atoms with Gasteiger partial charge in [-0.15, -0.1) is 0 Å². The number of nitrogens with one attached hydrogen (secondary N) is 1. The Labute approximate surface area is 196 Å². The van der Waals surface area contributed by atoms with Crippen molar-refractivity contribution >= 4 is 35.3 Å². The van der Waals surface area contributed by atoms with E-state index in [-0.39, 0.29) is 12.5 Å². The summed E-state index contributed by atoms with van der Waals surface area (Å²) in [5.41, 5.74) is 4.43. The van der Waals surface area contributed by atoms with E-state index >= 15 is 0 Å². The number of nitrogens with zero attached hydrogens (tertiary/aromatic N) is 1. The van der Waals surface area contributed by atoms with Gasteiger partial charge in [-0.2, -0.15) is 5.10 Å². The molecule has 0 unspecified atom stereocenters. The first-order chi connectivity index (χ1) is 15.5. The molecule has 0 saturated carbocycles. The van der Waals surface area contributed by atoms with Crippen molar-refractivity contribution in [1.29, 1.82) is 0 Å². The van der Waals surface area contributed by atoms with E-state index < -0.39 is 0 Å². The molecule has 0 fully saturated rings. The molecule has 0 spiro atoms. The molecule has 166 valence electrons. The van der Waals surface area contributed by atoms with Crippen LogP contribution in [0, 0.1) is 0 Å². The van der Waals surface area contributed by atoms with Gasteiger partial charge in [0.05, 0.1) is 25.5 Å². The van der Waals surface area contributed by atoms with Crippen LogP contribution in [0.5, 0.6) is 17.2 Å². The van der Waals surface area contributed by atoms with E-state index in [4.69, 9.17) is 37.4 Å². The summed E-state index contributed by atoms with van der Waals surface area (Å²) in [6, 6.07) is 17.5. The molecule has 1 N–H and O–H groups in total. The third kappa shape index (κ3) is 6.15. The quantitative estimate of drug-likeness (QED) is 0.318. The number of amides is 1. The Kier molecular flexibility index (Phi) is 8.36. The Morgan fingerprint density at radius 3 is 2.56 bits per heavy atom. The molecule has 32 heavy (non-hydrogen) atoms. The average molecular weight is 473 g/mol. The highest BCUT2D eigenvalue weighted by Gasteiger charge is 2.11. The monoisotopic (exact) mass is 472 g/mol. The Morgan fingerprint density at radius 2 is 1.81 bits per heavy atom. The molecule has 8 heteroatoms. The molecule has 3 rings (SSSR count). The van der Waals surface area contributed by atoms with Crippen LogP contribution in [-0.4, -0.2) is 25.8 Å². The van der Waals surface area contributed by atoms with E-state index in [0.717, 1.165) is 11.1 Å². The molecule has 0 saturated heterocycles. The highest BCUT2D eigenvalue weighted by Crippen LogP contribution is 2.30. The van der Waals surface area contributed by atoms with Gasteiger partial charge in [-0.1, -0.05) is 41.4 Å². The number of ether oxygens (including phenoxy) is 3. The molecule has 0 aliphatic rings. The lowest BCUT2D eigenvalue weighted by atomic mass is 10.2. The van der Waals surface area contributed by atoms with Crippen LogP contribution in [0.4, 0.5) is 0 Å². The summed E-state index contributed by atoms with van der Waals surface area (Å²) in [5, 5.41) is 5.13. The fourth-order valence-corrected chi connectivity index (χ4v) is 3.31. The van der Waals surface area contributed by atoms with E-state index in [1.807, 2.05) is 13.0 Å². The fourth-order valence-electron chi connectivity index (χ4n) is 2.84. The zero-order chi connectivity index (χ0) is 22.9. The van der Waals surface area contributed by atoms with Gasteiger partial charge >= 0.3 is 0 Å². The minimum Gasteiger partial charge on any atom is -0.496 e. The number of rotatable bonds is 9. The lowest BCUT2D eigenvalue weighted by Gasteiger charge is -2.13. The Hall–Kier alpha value is -3.22. The highest BCUT2D eigenvalue weighted by atomic mass is 35.5. The van der Waals surface area contributed by atoms with E-state index in [1.165, 1.54) is 13.3 Å². The summed E-state index contributed by atoms with van der Waals surface area (Å²) < 4.78 is 16.8. The minimum absolute atomic E-state index is 0.262. The van der Waals surface area contributed by atoms with E-state index in [1.54, 1.807) is 54.6 Å². The summed E-state index contributed by atoms with van der Waals surface area (Å²) in [7, 11) is 1.51. The number of hydrogen-bond donors (Lipinski definition) is 1. The van der Waals surface area contributed by atoms with Crippen molar-refractivity contribution in [3.8, 4) is 17.2 Å². The molecule has 0 heterocycles. The van der Waals surface area contributed by atoms with Gasteiger partial charge in [-0.25, -0.2) is 5.43 Å². The van der Waals surface area contributed by atoms with Gasteiger partial charge in [0.2, 0.25) is 0 Å². The van der Waals surface area contributed by atoms with Gasteiger partial charge in [0.25, 0.3) is 5.91 Å².